The molecule has 0 aliphatic rings. The number of hydrogen-bond donors (Lipinski definition) is 1. The van der Waals surface area contributed by atoms with Crippen LogP contribution in [-0.2, 0) is 0 Å². The maximum absolute atomic E-state index is 5.98. The van der Waals surface area contributed by atoms with Gasteiger partial charge in [-0.1, -0.05) is 30.3 Å². The first-order chi connectivity index (χ1) is 10.8. The van der Waals surface area contributed by atoms with Crippen LogP contribution in [0.1, 0.15) is 0 Å². The highest BCUT2D eigenvalue weighted by atomic mass is 15.3. The summed E-state index contributed by atoms with van der Waals surface area (Å²) in [4.78, 5) is 13.0. The van der Waals surface area contributed by atoms with Crippen LogP contribution in [0.2, 0.25) is 0 Å². The van der Waals surface area contributed by atoms with Crippen LogP contribution >= 0.6 is 0 Å². The van der Waals surface area contributed by atoms with Crippen molar-refractivity contribution >= 4 is 16.9 Å². The fourth-order valence-corrected chi connectivity index (χ4v) is 2.38. The molecule has 22 heavy (non-hydrogen) atoms. The van der Waals surface area contributed by atoms with Crippen LogP contribution in [0.25, 0.3) is 28.0 Å². The van der Waals surface area contributed by atoms with Crippen molar-refractivity contribution in [2.45, 2.75) is 0 Å². The Morgan fingerprint density at radius 3 is 2.59 bits per heavy atom. The molecule has 0 fully saturated rings. The summed E-state index contributed by atoms with van der Waals surface area (Å²) in [6.07, 6.45) is 5.02. The summed E-state index contributed by atoms with van der Waals surface area (Å²) in [6, 6.07) is 13.7. The third-order valence-corrected chi connectivity index (χ3v) is 3.42. The van der Waals surface area contributed by atoms with E-state index in [1.807, 2.05) is 48.7 Å². The zero-order valence-corrected chi connectivity index (χ0v) is 11.6. The van der Waals surface area contributed by atoms with Gasteiger partial charge >= 0.3 is 0 Å². The third-order valence-electron chi connectivity index (χ3n) is 3.42. The van der Waals surface area contributed by atoms with E-state index in [-0.39, 0.29) is 0 Å². The van der Waals surface area contributed by atoms with Gasteiger partial charge in [-0.15, -0.1) is 0 Å². The summed E-state index contributed by atoms with van der Waals surface area (Å²) in [6.45, 7) is 0. The Kier molecular flexibility index (Phi) is 2.79. The Morgan fingerprint density at radius 2 is 1.82 bits per heavy atom. The smallest absolute Gasteiger partial charge is 0.153 e. The lowest BCUT2D eigenvalue weighted by atomic mass is 10.1. The minimum Gasteiger partial charge on any atom is -0.382 e. The molecule has 0 unspecified atom stereocenters. The Bertz CT molecular complexity index is 932. The number of nitrogens with zero attached hydrogens (tertiary/aromatic N) is 5. The molecule has 6 nitrogen and oxygen atoms in total. The fourth-order valence-electron chi connectivity index (χ4n) is 2.38. The van der Waals surface area contributed by atoms with E-state index in [9.17, 15) is 0 Å². The van der Waals surface area contributed by atoms with Crippen molar-refractivity contribution < 1.29 is 0 Å². The second-order valence-corrected chi connectivity index (χ2v) is 4.80. The molecule has 0 saturated carbocycles. The van der Waals surface area contributed by atoms with Gasteiger partial charge in [0.25, 0.3) is 0 Å². The molecule has 4 aromatic rings. The first kappa shape index (κ1) is 12.5. The first-order valence-electron chi connectivity index (χ1n) is 6.79. The first-order valence-corrected chi connectivity index (χ1v) is 6.79. The largest absolute Gasteiger partial charge is 0.382 e. The summed E-state index contributed by atoms with van der Waals surface area (Å²) < 4.78 is 1.75. The quantitative estimate of drug-likeness (QED) is 0.612. The van der Waals surface area contributed by atoms with Crippen molar-refractivity contribution in [1.29, 1.82) is 0 Å². The molecule has 0 atom stereocenters. The molecule has 106 valence electrons. The lowest BCUT2D eigenvalue weighted by molar-refractivity contribution is 0.883. The molecule has 3 aromatic heterocycles. The zero-order chi connectivity index (χ0) is 14.9. The summed E-state index contributed by atoms with van der Waals surface area (Å²) >= 11 is 0. The van der Waals surface area contributed by atoms with Gasteiger partial charge in [0.15, 0.2) is 5.82 Å². The average molecular weight is 288 g/mol. The van der Waals surface area contributed by atoms with Crippen molar-refractivity contribution in [3.63, 3.8) is 0 Å². The lowest BCUT2D eigenvalue weighted by Crippen LogP contribution is -2.03. The molecule has 0 aliphatic heterocycles. The SMILES string of the molecule is Nc1ncnc2c(-n3cccn3)cc(-c3ccccc3)nc12. The van der Waals surface area contributed by atoms with Gasteiger partial charge in [0.1, 0.15) is 17.4 Å². The van der Waals surface area contributed by atoms with Crippen LogP contribution < -0.4 is 5.73 Å². The van der Waals surface area contributed by atoms with Gasteiger partial charge in [0.2, 0.25) is 0 Å². The molecule has 0 bridgehead atoms. The molecular weight excluding hydrogens is 276 g/mol. The Balaban J connectivity index is 2.07. The Labute approximate surface area is 126 Å². The van der Waals surface area contributed by atoms with Gasteiger partial charge in [0, 0.05) is 18.0 Å². The van der Waals surface area contributed by atoms with Gasteiger partial charge in [-0.25, -0.2) is 19.6 Å². The maximum Gasteiger partial charge on any atom is 0.153 e. The maximum atomic E-state index is 5.98. The van der Waals surface area contributed by atoms with Crippen molar-refractivity contribution in [3.05, 3.63) is 61.2 Å². The van der Waals surface area contributed by atoms with E-state index in [0.29, 0.717) is 16.9 Å². The van der Waals surface area contributed by atoms with E-state index >= 15 is 0 Å². The monoisotopic (exact) mass is 288 g/mol. The average Bonchev–Trinajstić information content (AvgIpc) is 3.10. The van der Waals surface area contributed by atoms with Gasteiger partial charge in [0.05, 0.1) is 11.4 Å². The van der Waals surface area contributed by atoms with Crippen LogP contribution in [-0.4, -0.2) is 24.7 Å². The molecule has 4 rings (SSSR count). The Hall–Kier alpha value is -3.28. The second-order valence-electron chi connectivity index (χ2n) is 4.80. The number of benzene rings is 1. The number of rotatable bonds is 2. The number of fused-ring (bicyclic) bond motifs is 1. The van der Waals surface area contributed by atoms with Gasteiger partial charge in [-0.3, -0.25) is 0 Å². The second kappa shape index (κ2) is 4.92. The van der Waals surface area contributed by atoms with E-state index in [4.69, 9.17) is 5.73 Å². The van der Waals surface area contributed by atoms with Gasteiger partial charge < -0.3 is 5.73 Å². The van der Waals surface area contributed by atoms with Crippen molar-refractivity contribution in [3.8, 4) is 16.9 Å². The van der Waals surface area contributed by atoms with Crippen molar-refractivity contribution in [2.75, 3.05) is 5.73 Å². The lowest BCUT2D eigenvalue weighted by Gasteiger charge is -2.10. The highest BCUT2D eigenvalue weighted by Gasteiger charge is 2.13. The van der Waals surface area contributed by atoms with E-state index in [0.717, 1.165) is 16.9 Å². The van der Waals surface area contributed by atoms with Gasteiger partial charge in [-0.05, 0) is 12.1 Å². The molecule has 1 aromatic carbocycles. The van der Waals surface area contributed by atoms with E-state index in [1.165, 1.54) is 6.33 Å². The van der Waals surface area contributed by atoms with Crippen LogP contribution in [0.5, 0.6) is 0 Å². The molecule has 6 heteroatoms. The molecule has 0 saturated heterocycles. The standard InChI is InChI=1S/C16H12N6/c17-16-15-14(18-10-19-16)13(22-8-4-7-20-22)9-12(21-15)11-5-2-1-3-6-11/h1-10H,(H2,17,18,19). The van der Waals surface area contributed by atoms with E-state index in [2.05, 4.69) is 20.1 Å². The zero-order valence-electron chi connectivity index (χ0n) is 11.6. The predicted molar refractivity (Wildman–Crippen MR) is 84.3 cm³/mol. The summed E-state index contributed by atoms with van der Waals surface area (Å²) in [5.74, 6) is 0.358. The van der Waals surface area contributed by atoms with Crippen LogP contribution in [0, 0.1) is 0 Å². The number of aromatic nitrogens is 5. The van der Waals surface area contributed by atoms with Gasteiger partial charge in [-0.2, -0.15) is 5.10 Å². The van der Waals surface area contributed by atoms with Crippen LogP contribution in [0.15, 0.2) is 61.2 Å². The highest BCUT2D eigenvalue weighted by Crippen LogP contribution is 2.27. The summed E-state index contributed by atoms with van der Waals surface area (Å²) in [5.41, 5.74) is 9.87. The van der Waals surface area contributed by atoms with E-state index in [1.54, 1.807) is 10.9 Å². The molecule has 2 N–H and O–H groups in total. The van der Waals surface area contributed by atoms with Crippen molar-refractivity contribution in [2.24, 2.45) is 0 Å². The molecule has 0 aliphatic carbocycles. The summed E-state index contributed by atoms with van der Waals surface area (Å²) in [7, 11) is 0. The number of nitrogen functional groups attached to an aromatic ring is 1. The summed E-state index contributed by atoms with van der Waals surface area (Å²) in [5, 5.41) is 4.29. The minimum absolute atomic E-state index is 0.358. The topological polar surface area (TPSA) is 82.5 Å². The highest BCUT2D eigenvalue weighted by molar-refractivity contribution is 5.92. The molecule has 0 amide bonds. The third kappa shape index (κ3) is 1.98. The fraction of sp³-hybridized carbons (Fsp3) is 0. The number of pyridine rings is 1. The molecule has 0 radical (unpaired) electrons. The van der Waals surface area contributed by atoms with Crippen LogP contribution in [0.3, 0.4) is 0 Å². The van der Waals surface area contributed by atoms with E-state index < -0.39 is 0 Å². The molecule has 0 spiro atoms. The molecular formula is C16H12N6. The minimum atomic E-state index is 0.358. The predicted octanol–water partition coefficient (Wildman–Crippen LogP) is 2.46. The number of nitrogens with two attached hydrogens (primary N) is 1. The normalized spacial score (nSPS) is 10.9. The van der Waals surface area contributed by atoms with Crippen molar-refractivity contribution in [1.82, 2.24) is 24.7 Å². The number of anilines is 1. The number of hydrogen-bond acceptors (Lipinski definition) is 5. The Morgan fingerprint density at radius 1 is 0.955 bits per heavy atom. The van der Waals surface area contributed by atoms with Crippen LogP contribution in [0.4, 0.5) is 5.82 Å². The molecule has 3 heterocycles.